The van der Waals surface area contributed by atoms with E-state index in [0.717, 1.165) is 10.6 Å². The van der Waals surface area contributed by atoms with E-state index < -0.39 is 10.8 Å². The lowest BCUT2D eigenvalue weighted by Gasteiger charge is -2.26. The first-order valence-electron chi connectivity index (χ1n) is 9.25. The second-order valence-corrected chi connectivity index (χ2v) is 7.76. The Kier molecular flexibility index (Phi) is 5.53. The third-order valence-corrected chi connectivity index (χ3v) is 5.61. The molecule has 2 heterocycles. The van der Waals surface area contributed by atoms with Gasteiger partial charge in [-0.3, -0.25) is 14.9 Å². The van der Waals surface area contributed by atoms with Gasteiger partial charge >= 0.3 is 0 Å². The Labute approximate surface area is 176 Å². The van der Waals surface area contributed by atoms with Crippen molar-refractivity contribution in [1.82, 2.24) is 0 Å². The summed E-state index contributed by atoms with van der Waals surface area (Å²) in [6.07, 6.45) is 0. The highest BCUT2D eigenvalue weighted by Gasteiger charge is 2.21. The van der Waals surface area contributed by atoms with Gasteiger partial charge in [-0.25, -0.2) is 0 Å². The molecular weight excluding hydrogens is 406 g/mol. The van der Waals surface area contributed by atoms with Crippen molar-refractivity contribution in [3.05, 3.63) is 80.0 Å². The number of ether oxygens (including phenoxy) is 2. The van der Waals surface area contributed by atoms with Crippen LogP contribution in [0.2, 0.25) is 0 Å². The molecule has 8 nitrogen and oxygen atoms in total. The van der Waals surface area contributed by atoms with Crippen molar-refractivity contribution in [2.45, 2.75) is 13.1 Å². The van der Waals surface area contributed by atoms with E-state index in [2.05, 4.69) is 0 Å². The fourth-order valence-electron chi connectivity index (χ4n) is 3.28. The number of fused-ring (bicyclic) bond motifs is 1. The molecule has 0 atom stereocenters. The zero-order chi connectivity index (χ0) is 21.1. The van der Waals surface area contributed by atoms with Crippen molar-refractivity contribution < 1.29 is 19.2 Å². The Bertz CT molecular complexity index is 1080. The Morgan fingerprint density at radius 1 is 1.10 bits per heavy atom. The number of nitrogens with two attached hydrogens (primary N) is 1. The monoisotopic (exact) mass is 425 g/mol. The zero-order valence-electron chi connectivity index (χ0n) is 15.9. The molecule has 1 aromatic heterocycles. The molecule has 154 valence electrons. The van der Waals surface area contributed by atoms with Gasteiger partial charge in [-0.15, -0.1) is 11.3 Å². The zero-order valence-corrected chi connectivity index (χ0v) is 16.8. The second kappa shape index (κ2) is 8.42. The molecule has 0 saturated heterocycles. The van der Waals surface area contributed by atoms with Crippen LogP contribution in [0.25, 0.3) is 0 Å². The van der Waals surface area contributed by atoms with Crippen LogP contribution in [-0.2, 0) is 13.1 Å². The first kappa shape index (κ1) is 19.7. The molecule has 1 amide bonds. The van der Waals surface area contributed by atoms with Crippen molar-refractivity contribution >= 4 is 28.6 Å². The Morgan fingerprint density at radius 3 is 2.60 bits per heavy atom. The minimum absolute atomic E-state index is 0.106. The molecule has 2 aromatic carbocycles. The molecule has 0 bridgehead atoms. The van der Waals surface area contributed by atoms with Crippen LogP contribution in [0.5, 0.6) is 11.5 Å². The largest absolute Gasteiger partial charge is 0.486 e. The lowest BCUT2D eigenvalue weighted by molar-refractivity contribution is -0.385. The number of thiophene rings is 1. The Balaban J connectivity index is 1.70. The van der Waals surface area contributed by atoms with Gasteiger partial charge < -0.3 is 20.1 Å². The summed E-state index contributed by atoms with van der Waals surface area (Å²) in [5.41, 5.74) is 6.58. The van der Waals surface area contributed by atoms with E-state index in [0.29, 0.717) is 36.8 Å². The van der Waals surface area contributed by atoms with Crippen molar-refractivity contribution in [2.24, 2.45) is 5.73 Å². The fraction of sp³-hybridized carbons (Fsp3) is 0.190. The fourth-order valence-corrected chi connectivity index (χ4v) is 4.00. The molecule has 0 spiro atoms. The van der Waals surface area contributed by atoms with Crippen molar-refractivity contribution in [3.63, 3.8) is 0 Å². The number of amides is 1. The molecule has 9 heteroatoms. The van der Waals surface area contributed by atoms with Gasteiger partial charge in [0.2, 0.25) is 5.91 Å². The summed E-state index contributed by atoms with van der Waals surface area (Å²) in [6.45, 7) is 1.81. The minimum Gasteiger partial charge on any atom is -0.486 e. The average molecular weight is 425 g/mol. The number of nitro groups is 1. The predicted octanol–water partition coefficient (Wildman–Crippen LogP) is 3.73. The van der Waals surface area contributed by atoms with E-state index in [9.17, 15) is 14.9 Å². The lowest BCUT2D eigenvalue weighted by Crippen LogP contribution is -2.23. The summed E-state index contributed by atoms with van der Waals surface area (Å²) in [6, 6.07) is 13.9. The lowest BCUT2D eigenvalue weighted by atomic mass is 10.1. The standard InChI is InChI=1S/C21H19N3O5S/c22-21(25)14-3-4-15(18(10-14)24(26)27)12-23(13-17-2-1-9-30-17)16-5-6-19-20(11-16)29-8-7-28-19/h1-6,9-11H,7-8,12-13H2,(H2,22,25). The average Bonchev–Trinajstić information content (AvgIpc) is 3.26. The van der Waals surface area contributed by atoms with Crippen LogP contribution in [0.15, 0.2) is 53.9 Å². The number of carbonyl (C=O) groups excluding carboxylic acids is 1. The topological polar surface area (TPSA) is 108 Å². The summed E-state index contributed by atoms with van der Waals surface area (Å²) in [4.78, 5) is 25.7. The molecule has 0 saturated carbocycles. The Hall–Kier alpha value is -3.59. The molecule has 1 aliphatic rings. The number of primary amides is 1. The first-order valence-corrected chi connectivity index (χ1v) is 10.1. The Morgan fingerprint density at radius 2 is 1.90 bits per heavy atom. The summed E-state index contributed by atoms with van der Waals surface area (Å²) in [5.74, 6) is 0.623. The molecule has 1 aliphatic heterocycles. The minimum atomic E-state index is -0.702. The van der Waals surface area contributed by atoms with Crippen LogP contribution in [-0.4, -0.2) is 24.0 Å². The first-order chi connectivity index (χ1) is 14.5. The maximum absolute atomic E-state index is 11.6. The van der Waals surface area contributed by atoms with E-state index in [-0.39, 0.29) is 17.8 Å². The highest BCUT2D eigenvalue weighted by molar-refractivity contribution is 7.09. The van der Waals surface area contributed by atoms with Crippen LogP contribution in [0.3, 0.4) is 0 Å². The van der Waals surface area contributed by atoms with Gasteiger partial charge in [0.25, 0.3) is 5.69 Å². The van der Waals surface area contributed by atoms with E-state index in [1.165, 1.54) is 12.1 Å². The van der Waals surface area contributed by atoms with Gasteiger partial charge in [-0.2, -0.15) is 0 Å². The smallest absolute Gasteiger partial charge is 0.275 e. The third-order valence-electron chi connectivity index (χ3n) is 4.75. The summed E-state index contributed by atoms with van der Waals surface area (Å²) >= 11 is 1.61. The van der Waals surface area contributed by atoms with Crippen molar-refractivity contribution in [3.8, 4) is 11.5 Å². The highest BCUT2D eigenvalue weighted by Crippen LogP contribution is 2.36. The number of benzene rings is 2. The number of anilines is 1. The molecule has 0 fully saturated rings. The number of nitrogens with zero attached hydrogens (tertiary/aromatic N) is 2. The van der Waals surface area contributed by atoms with Crippen LogP contribution < -0.4 is 20.1 Å². The number of hydrogen-bond acceptors (Lipinski definition) is 7. The molecule has 30 heavy (non-hydrogen) atoms. The number of hydrogen-bond donors (Lipinski definition) is 1. The molecule has 0 unspecified atom stereocenters. The van der Waals surface area contributed by atoms with Crippen LogP contribution >= 0.6 is 11.3 Å². The number of nitro benzene ring substituents is 1. The highest BCUT2D eigenvalue weighted by atomic mass is 32.1. The summed E-state index contributed by atoms with van der Waals surface area (Å²) < 4.78 is 11.3. The van der Waals surface area contributed by atoms with Gasteiger partial charge in [0.1, 0.15) is 13.2 Å². The van der Waals surface area contributed by atoms with E-state index in [4.69, 9.17) is 15.2 Å². The van der Waals surface area contributed by atoms with Gasteiger partial charge in [0, 0.05) is 33.8 Å². The number of rotatable bonds is 7. The van der Waals surface area contributed by atoms with E-state index in [1.54, 1.807) is 17.4 Å². The second-order valence-electron chi connectivity index (χ2n) is 6.73. The van der Waals surface area contributed by atoms with Gasteiger partial charge in [-0.1, -0.05) is 6.07 Å². The van der Waals surface area contributed by atoms with Crippen molar-refractivity contribution in [1.29, 1.82) is 0 Å². The van der Waals surface area contributed by atoms with E-state index in [1.807, 2.05) is 40.6 Å². The van der Waals surface area contributed by atoms with Crippen LogP contribution in [0, 0.1) is 10.1 Å². The molecular formula is C21H19N3O5S. The molecule has 0 radical (unpaired) electrons. The van der Waals surface area contributed by atoms with E-state index >= 15 is 0 Å². The maximum atomic E-state index is 11.6. The quantitative estimate of drug-likeness (QED) is 0.456. The predicted molar refractivity (Wildman–Crippen MR) is 113 cm³/mol. The van der Waals surface area contributed by atoms with Crippen molar-refractivity contribution in [2.75, 3.05) is 18.1 Å². The van der Waals surface area contributed by atoms with Gasteiger partial charge in [0.05, 0.1) is 18.0 Å². The van der Waals surface area contributed by atoms with Gasteiger partial charge in [-0.05, 0) is 35.7 Å². The van der Waals surface area contributed by atoms with Crippen LogP contribution in [0.4, 0.5) is 11.4 Å². The number of carbonyl (C=O) groups is 1. The molecule has 0 aliphatic carbocycles. The molecule has 2 N–H and O–H groups in total. The summed E-state index contributed by atoms with van der Waals surface area (Å²) in [7, 11) is 0. The molecule has 4 rings (SSSR count). The third kappa shape index (κ3) is 4.20. The SMILES string of the molecule is NC(=O)c1ccc(CN(Cc2cccs2)c2ccc3c(c2)OCCO3)c([N+](=O)[O-])c1. The molecule has 3 aromatic rings. The normalized spacial score (nSPS) is 12.4. The maximum Gasteiger partial charge on any atom is 0.275 e. The van der Waals surface area contributed by atoms with Crippen LogP contribution in [0.1, 0.15) is 20.8 Å². The summed E-state index contributed by atoms with van der Waals surface area (Å²) in [5, 5.41) is 13.6. The van der Waals surface area contributed by atoms with Gasteiger partial charge in [0.15, 0.2) is 11.5 Å².